The number of nitrogens with zero attached hydrogens (tertiary/aromatic N) is 1. The summed E-state index contributed by atoms with van der Waals surface area (Å²) in [5.74, 6) is -0.178. The Morgan fingerprint density at radius 1 is 1.23 bits per heavy atom. The van der Waals surface area contributed by atoms with Crippen molar-refractivity contribution in [2.45, 2.75) is 39.5 Å². The van der Waals surface area contributed by atoms with Crippen LogP contribution in [0.15, 0.2) is 36.4 Å². The summed E-state index contributed by atoms with van der Waals surface area (Å²) >= 11 is 0. The molecule has 26 heavy (non-hydrogen) atoms. The van der Waals surface area contributed by atoms with Gasteiger partial charge in [-0.05, 0) is 36.8 Å². The van der Waals surface area contributed by atoms with Crippen molar-refractivity contribution in [1.82, 2.24) is 9.97 Å². The molecule has 0 aliphatic carbocycles. The molecule has 1 aromatic carbocycles. The third kappa shape index (κ3) is 3.57. The Kier molecular flexibility index (Phi) is 4.72. The first-order valence-corrected chi connectivity index (χ1v) is 8.76. The van der Waals surface area contributed by atoms with Gasteiger partial charge in [-0.2, -0.15) is 0 Å². The number of H-pyrrole nitrogens is 1. The summed E-state index contributed by atoms with van der Waals surface area (Å²) < 4.78 is 5.61. The van der Waals surface area contributed by atoms with E-state index in [-0.39, 0.29) is 11.1 Å². The Labute approximate surface area is 153 Å². The molecule has 0 radical (unpaired) electrons. The number of rotatable bonds is 5. The lowest BCUT2D eigenvalue weighted by Crippen LogP contribution is -2.14. The molecule has 0 saturated carbocycles. The van der Waals surface area contributed by atoms with Gasteiger partial charge in [0.2, 0.25) is 0 Å². The van der Waals surface area contributed by atoms with Crippen molar-refractivity contribution in [1.29, 1.82) is 0 Å². The monoisotopic (exact) mass is 352 g/mol. The van der Waals surface area contributed by atoms with Crippen LogP contribution in [0.3, 0.4) is 0 Å². The SMILES string of the molecule is CCOc1ccc2c(Cc3cccc(C(=O)O)n3)c(C(C)(C)C)[nH]c2c1. The maximum atomic E-state index is 11.2. The number of aromatic nitrogens is 2. The number of carboxylic acids is 1. The van der Waals surface area contributed by atoms with E-state index in [1.54, 1.807) is 6.07 Å². The van der Waals surface area contributed by atoms with Crippen LogP contribution in [0, 0.1) is 0 Å². The van der Waals surface area contributed by atoms with Gasteiger partial charge >= 0.3 is 5.97 Å². The van der Waals surface area contributed by atoms with Gasteiger partial charge in [-0.3, -0.25) is 0 Å². The van der Waals surface area contributed by atoms with Crippen molar-refractivity contribution in [3.63, 3.8) is 0 Å². The minimum absolute atomic E-state index is 0.0679. The van der Waals surface area contributed by atoms with E-state index in [0.717, 1.165) is 33.6 Å². The molecule has 5 nitrogen and oxygen atoms in total. The minimum atomic E-state index is -1.01. The van der Waals surface area contributed by atoms with Crippen LogP contribution < -0.4 is 4.74 Å². The first-order chi connectivity index (χ1) is 12.3. The molecule has 0 saturated heterocycles. The molecular weight excluding hydrogens is 328 g/mol. The van der Waals surface area contributed by atoms with Gasteiger partial charge in [0.05, 0.1) is 6.61 Å². The number of nitrogens with one attached hydrogen (secondary N) is 1. The van der Waals surface area contributed by atoms with Gasteiger partial charge < -0.3 is 14.8 Å². The number of aromatic carboxylic acids is 1. The van der Waals surface area contributed by atoms with Crippen LogP contribution in [0.2, 0.25) is 0 Å². The quantitative estimate of drug-likeness (QED) is 0.706. The molecule has 0 aliphatic rings. The Morgan fingerprint density at radius 2 is 2.00 bits per heavy atom. The van der Waals surface area contributed by atoms with E-state index < -0.39 is 5.97 Å². The molecule has 0 bridgehead atoms. The number of carbonyl (C=O) groups is 1. The van der Waals surface area contributed by atoms with E-state index in [1.807, 2.05) is 25.1 Å². The van der Waals surface area contributed by atoms with E-state index >= 15 is 0 Å². The predicted octanol–water partition coefficient (Wildman–Crippen LogP) is 4.55. The van der Waals surface area contributed by atoms with Crippen molar-refractivity contribution in [3.05, 3.63) is 59.0 Å². The number of fused-ring (bicyclic) bond motifs is 1. The zero-order chi connectivity index (χ0) is 18.9. The summed E-state index contributed by atoms with van der Waals surface area (Å²) in [5, 5.41) is 10.3. The molecule has 0 spiro atoms. The molecule has 3 aromatic rings. The van der Waals surface area contributed by atoms with Crippen LogP contribution in [0.5, 0.6) is 5.75 Å². The second kappa shape index (κ2) is 6.83. The van der Waals surface area contributed by atoms with Crippen LogP contribution in [0.1, 0.15) is 55.1 Å². The topological polar surface area (TPSA) is 75.2 Å². The first-order valence-electron chi connectivity index (χ1n) is 8.76. The van der Waals surface area contributed by atoms with Gasteiger partial charge in [-0.15, -0.1) is 0 Å². The lowest BCUT2D eigenvalue weighted by atomic mass is 9.87. The number of hydrogen-bond donors (Lipinski definition) is 2. The zero-order valence-electron chi connectivity index (χ0n) is 15.6. The maximum Gasteiger partial charge on any atom is 0.354 e. The van der Waals surface area contributed by atoms with E-state index in [9.17, 15) is 9.90 Å². The Hall–Kier alpha value is -2.82. The number of ether oxygens (including phenoxy) is 1. The Balaban J connectivity index is 2.11. The average molecular weight is 352 g/mol. The molecule has 2 N–H and O–H groups in total. The van der Waals surface area contributed by atoms with Crippen LogP contribution in [0.4, 0.5) is 0 Å². The summed E-state index contributed by atoms with van der Waals surface area (Å²) in [6.07, 6.45) is 0.571. The van der Waals surface area contributed by atoms with Crippen molar-refractivity contribution in [2.75, 3.05) is 6.61 Å². The molecule has 136 valence electrons. The van der Waals surface area contributed by atoms with Crippen molar-refractivity contribution < 1.29 is 14.6 Å². The highest BCUT2D eigenvalue weighted by molar-refractivity contribution is 5.87. The number of hydrogen-bond acceptors (Lipinski definition) is 3. The fraction of sp³-hybridized carbons (Fsp3) is 0.333. The highest BCUT2D eigenvalue weighted by Gasteiger charge is 2.23. The van der Waals surface area contributed by atoms with Crippen LogP contribution in [0.25, 0.3) is 10.9 Å². The lowest BCUT2D eigenvalue weighted by Gasteiger charge is -2.19. The highest BCUT2D eigenvalue weighted by atomic mass is 16.5. The van der Waals surface area contributed by atoms with Gasteiger partial charge in [0.1, 0.15) is 11.4 Å². The van der Waals surface area contributed by atoms with Gasteiger partial charge in [0.15, 0.2) is 0 Å². The third-order valence-electron chi connectivity index (χ3n) is 4.32. The van der Waals surface area contributed by atoms with Crippen LogP contribution in [-0.4, -0.2) is 27.7 Å². The normalized spacial score (nSPS) is 11.7. The third-order valence-corrected chi connectivity index (χ3v) is 4.32. The van der Waals surface area contributed by atoms with Crippen molar-refractivity contribution in [3.8, 4) is 5.75 Å². The average Bonchev–Trinajstić information content (AvgIpc) is 2.93. The molecule has 0 atom stereocenters. The molecule has 3 rings (SSSR count). The second-order valence-corrected chi connectivity index (χ2v) is 7.37. The van der Waals surface area contributed by atoms with E-state index in [0.29, 0.717) is 13.0 Å². The summed E-state index contributed by atoms with van der Waals surface area (Å²) in [5.41, 5.74) is 4.02. The number of pyridine rings is 1. The molecule has 5 heteroatoms. The minimum Gasteiger partial charge on any atom is -0.494 e. The number of benzene rings is 1. The lowest BCUT2D eigenvalue weighted by molar-refractivity contribution is 0.0690. The molecule has 0 fully saturated rings. The molecular formula is C21H24N2O3. The van der Waals surface area contributed by atoms with E-state index in [1.165, 1.54) is 6.07 Å². The molecule has 0 aliphatic heterocycles. The highest BCUT2D eigenvalue weighted by Crippen LogP contribution is 2.34. The fourth-order valence-corrected chi connectivity index (χ4v) is 3.19. The Morgan fingerprint density at radius 3 is 2.65 bits per heavy atom. The van der Waals surface area contributed by atoms with Crippen LogP contribution in [-0.2, 0) is 11.8 Å². The largest absolute Gasteiger partial charge is 0.494 e. The fourth-order valence-electron chi connectivity index (χ4n) is 3.19. The first kappa shape index (κ1) is 18.0. The maximum absolute atomic E-state index is 11.2. The molecule has 2 heterocycles. The van der Waals surface area contributed by atoms with Gasteiger partial charge in [-0.25, -0.2) is 9.78 Å². The smallest absolute Gasteiger partial charge is 0.354 e. The van der Waals surface area contributed by atoms with E-state index in [4.69, 9.17) is 4.74 Å². The summed E-state index contributed by atoms with van der Waals surface area (Å²) in [4.78, 5) is 19.0. The zero-order valence-corrected chi connectivity index (χ0v) is 15.6. The summed E-state index contributed by atoms with van der Waals surface area (Å²) in [6, 6.07) is 11.2. The van der Waals surface area contributed by atoms with Gasteiger partial charge in [-0.1, -0.05) is 26.8 Å². The molecule has 0 unspecified atom stereocenters. The number of aromatic amines is 1. The molecule has 0 amide bonds. The number of carboxylic acid groups (broad SMARTS) is 1. The van der Waals surface area contributed by atoms with Crippen molar-refractivity contribution >= 4 is 16.9 Å². The molecule has 2 aromatic heterocycles. The van der Waals surface area contributed by atoms with Gasteiger partial charge in [0.25, 0.3) is 0 Å². The Bertz CT molecular complexity index is 952. The standard InChI is InChI=1S/C21H24N2O3/c1-5-26-14-9-10-15-16(19(21(2,3)4)23-18(15)12-14)11-13-7-6-8-17(22-13)20(24)25/h6-10,12,23H,5,11H2,1-4H3,(H,24,25). The summed E-state index contributed by atoms with van der Waals surface area (Å²) in [7, 11) is 0. The van der Waals surface area contributed by atoms with E-state index in [2.05, 4.69) is 36.8 Å². The second-order valence-electron chi connectivity index (χ2n) is 7.37. The summed E-state index contributed by atoms with van der Waals surface area (Å²) in [6.45, 7) is 9.06. The van der Waals surface area contributed by atoms with Gasteiger partial charge in [0, 0.05) is 40.2 Å². The predicted molar refractivity (Wildman–Crippen MR) is 102 cm³/mol. The van der Waals surface area contributed by atoms with Crippen LogP contribution >= 0.6 is 0 Å². The van der Waals surface area contributed by atoms with Crippen molar-refractivity contribution in [2.24, 2.45) is 0 Å².